The highest BCUT2D eigenvalue weighted by Crippen LogP contribution is 2.21. The van der Waals surface area contributed by atoms with Gasteiger partial charge in [-0.1, -0.05) is 13.3 Å². The third-order valence-electron chi connectivity index (χ3n) is 3.19. The van der Waals surface area contributed by atoms with Crippen LogP contribution in [0.25, 0.3) is 0 Å². The molecule has 0 aromatic heterocycles. The topological polar surface area (TPSA) is 66.8 Å². The van der Waals surface area contributed by atoms with Gasteiger partial charge in [0.15, 0.2) is 0 Å². The van der Waals surface area contributed by atoms with Crippen molar-refractivity contribution in [2.45, 2.75) is 37.6 Å². The summed E-state index contributed by atoms with van der Waals surface area (Å²) in [4.78, 5) is 0.249. The lowest BCUT2D eigenvalue weighted by molar-refractivity contribution is 0.201. The molecule has 1 atom stereocenters. The molecule has 0 aliphatic heterocycles. The fraction of sp³-hybridized carbons (Fsp3) is 0.571. The number of nitrogens with zero attached hydrogens (tertiary/aromatic N) is 1. The smallest absolute Gasteiger partial charge is 0.243 e. The zero-order valence-electron chi connectivity index (χ0n) is 12.2. The summed E-state index contributed by atoms with van der Waals surface area (Å²) in [6.45, 7) is 4.06. The van der Waals surface area contributed by atoms with Crippen molar-refractivity contribution in [1.82, 2.24) is 4.31 Å². The molecule has 1 rings (SSSR count). The molecule has 0 saturated heterocycles. The molecule has 0 aliphatic carbocycles. The molecule has 1 unspecified atom stereocenters. The third-order valence-corrected chi connectivity index (χ3v) is 5.17. The number of ether oxygens (including phenoxy) is 1. The van der Waals surface area contributed by atoms with Gasteiger partial charge in [-0.25, -0.2) is 8.42 Å². The largest absolute Gasteiger partial charge is 0.491 e. The summed E-state index contributed by atoms with van der Waals surface area (Å²) in [5, 5.41) is 8.67. The standard InChI is InChI=1S/C14H23NO4S/c1-4-5-12(2)15(3)20(17,18)14-8-6-13(7-9-14)19-11-10-16/h6-9,12,16H,4-5,10-11H2,1-3H3. The van der Waals surface area contributed by atoms with Gasteiger partial charge in [0.25, 0.3) is 0 Å². The van der Waals surface area contributed by atoms with Crippen molar-refractivity contribution in [1.29, 1.82) is 0 Å². The van der Waals surface area contributed by atoms with Crippen LogP contribution in [0.1, 0.15) is 26.7 Å². The van der Waals surface area contributed by atoms with Gasteiger partial charge in [-0.15, -0.1) is 0 Å². The van der Waals surface area contributed by atoms with E-state index >= 15 is 0 Å². The van der Waals surface area contributed by atoms with E-state index in [-0.39, 0.29) is 24.2 Å². The van der Waals surface area contributed by atoms with Crippen LogP contribution >= 0.6 is 0 Å². The van der Waals surface area contributed by atoms with Gasteiger partial charge in [0, 0.05) is 13.1 Å². The average Bonchev–Trinajstić information content (AvgIpc) is 2.45. The normalized spacial score (nSPS) is 13.4. The Hall–Kier alpha value is -1.11. The average molecular weight is 301 g/mol. The van der Waals surface area contributed by atoms with E-state index in [1.54, 1.807) is 19.2 Å². The maximum Gasteiger partial charge on any atom is 0.243 e. The second-order valence-corrected chi connectivity index (χ2v) is 6.70. The highest BCUT2D eigenvalue weighted by Gasteiger charge is 2.24. The first kappa shape index (κ1) is 16.9. The number of rotatable bonds is 8. The summed E-state index contributed by atoms with van der Waals surface area (Å²) in [5.74, 6) is 0.544. The molecule has 0 spiro atoms. The molecule has 0 radical (unpaired) electrons. The Labute approximate surface area is 121 Å². The fourth-order valence-corrected chi connectivity index (χ4v) is 3.27. The first-order valence-electron chi connectivity index (χ1n) is 6.75. The number of hydrogen-bond donors (Lipinski definition) is 1. The zero-order chi connectivity index (χ0) is 15.2. The molecule has 6 heteroatoms. The lowest BCUT2D eigenvalue weighted by atomic mass is 10.2. The zero-order valence-corrected chi connectivity index (χ0v) is 13.1. The molecule has 5 nitrogen and oxygen atoms in total. The fourth-order valence-electron chi connectivity index (χ4n) is 1.87. The molecule has 1 aromatic rings. The van der Waals surface area contributed by atoms with Crippen LogP contribution in [0.15, 0.2) is 29.2 Å². The Morgan fingerprint density at radius 2 is 1.90 bits per heavy atom. The molecule has 0 aliphatic rings. The maximum atomic E-state index is 12.4. The van der Waals surface area contributed by atoms with E-state index in [2.05, 4.69) is 0 Å². The second-order valence-electron chi connectivity index (χ2n) is 4.70. The summed E-state index contributed by atoms with van der Waals surface area (Å²) in [5.41, 5.74) is 0. The van der Waals surface area contributed by atoms with Crippen molar-refractivity contribution < 1.29 is 18.3 Å². The maximum absolute atomic E-state index is 12.4. The lowest BCUT2D eigenvalue weighted by Crippen LogP contribution is -2.34. The van der Waals surface area contributed by atoms with Gasteiger partial charge in [0.1, 0.15) is 12.4 Å². The molecule has 0 fully saturated rings. The summed E-state index contributed by atoms with van der Waals surface area (Å²) in [6.07, 6.45) is 1.77. The van der Waals surface area contributed by atoms with Crippen molar-refractivity contribution in [3.8, 4) is 5.75 Å². The number of aliphatic hydroxyl groups excluding tert-OH is 1. The third kappa shape index (κ3) is 4.19. The van der Waals surface area contributed by atoms with Gasteiger partial charge < -0.3 is 9.84 Å². The molecular formula is C14H23NO4S. The quantitative estimate of drug-likeness (QED) is 0.796. The number of benzene rings is 1. The van der Waals surface area contributed by atoms with Gasteiger partial charge >= 0.3 is 0 Å². The highest BCUT2D eigenvalue weighted by atomic mass is 32.2. The van der Waals surface area contributed by atoms with Crippen molar-refractivity contribution in [3.63, 3.8) is 0 Å². The minimum Gasteiger partial charge on any atom is -0.491 e. The Kier molecular flexibility index (Phi) is 6.45. The molecule has 1 N–H and O–H groups in total. The summed E-state index contributed by atoms with van der Waals surface area (Å²) < 4.78 is 31.5. The Morgan fingerprint density at radius 1 is 1.30 bits per heavy atom. The van der Waals surface area contributed by atoms with E-state index in [1.807, 2.05) is 13.8 Å². The Bertz CT molecular complexity index is 498. The van der Waals surface area contributed by atoms with Crippen molar-refractivity contribution in [2.24, 2.45) is 0 Å². The number of hydrogen-bond acceptors (Lipinski definition) is 4. The predicted molar refractivity (Wildman–Crippen MR) is 78.3 cm³/mol. The van der Waals surface area contributed by atoms with Crippen LogP contribution in [0, 0.1) is 0 Å². The highest BCUT2D eigenvalue weighted by molar-refractivity contribution is 7.89. The van der Waals surface area contributed by atoms with Crippen LogP contribution in [0.3, 0.4) is 0 Å². The van der Waals surface area contributed by atoms with E-state index < -0.39 is 10.0 Å². The van der Waals surface area contributed by atoms with Gasteiger partial charge in [0.05, 0.1) is 11.5 Å². The molecule has 0 bridgehead atoms. The lowest BCUT2D eigenvalue weighted by Gasteiger charge is -2.24. The van der Waals surface area contributed by atoms with Crippen LogP contribution in [-0.2, 0) is 10.0 Å². The molecular weight excluding hydrogens is 278 g/mol. The Balaban J connectivity index is 2.87. The molecule has 114 valence electrons. The number of sulfonamides is 1. The van der Waals surface area contributed by atoms with E-state index in [4.69, 9.17) is 9.84 Å². The van der Waals surface area contributed by atoms with Gasteiger partial charge in [0.2, 0.25) is 10.0 Å². The van der Waals surface area contributed by atoms with Gasteiger partial charge in [-0.2, -0.15) is 4.31 Å². The van der Waals surface area contributed by atoms with Crippen molar-refractivity contribution in [2.75, 3.05) is 20.3 Å². The van der Waals surface area contributed by atoms with E-state index in [1.165, 1.54) is 16.4 Å². The molecule has 20 heavy (non-hydrogen) atoms. The predicted octanol–water partition coefficient (Wildman–Crippen LogP) is 1.87. The Morgan fingerprint density at radius 3 is 2.40 bits per heavy atom. The first-order chi connectivity index (χ1) is 9.43. The van der Waals surface area contributed by atoms with Crippen LogP contribution in [0.4, 0.5) is 0 Å². The van der Waals surface area contributed by atoms with Crippen molar-refractivity contribution >= 4 is 10.0 Å². The van der Waals surface area contributed by atoms with Gasteiger partial charge in [-0.3, -0.25) is 0 Å². The SMILES string of the molecule is CCCC(C)N(C)S(=O)(=O)c1ccc(OCCO)cc1. The van der Waals surface area contributed by atoms with Crippen LogP contribution in [-0.4, -0.2) is 44.1 Å². The molecule has 0 saturated carbocycles. The van der Waals surface area contributed by atoms with E-state index in [0.29, 0.717) is 5.75 Å². The molecule has 1 aromatic carbocycles. The monoisotopic (exact) mass is 301 g/mol. The van der Waals surface area contributed by atoms with Crippen LogP contribution in [0.5, 0.6) is 5.75 Å². The second kappa shape index (κ2) is 7.61. The van der Waals surface area contributed by atoms with E-state index in [0.717, 1.165) is 12.8 Å². The van der Waals surface area contributed by atoms with E-state index in [9.17, 15) is 8.42 Å². The summed E-state index contributed by atoms with van der Waals surface area (Å²) >= 11 is 0. The molecule has 0 heterocycles. The first-order valence-corrected chi connectivity index (χ1v) is 8.19. The summed E-state index contributed by atoms with van der Waals surface area (Å²) in [6, 6.07) is 6.21. The van der Waals surface area contributed by atoms with Crippen LogP contribution in [0.2, 0.25) is 0 Å². The number of aliphatic hydroxyl groups is 1. The van der Waals surface area contributed by atoms with Crippen molar-refractivity contribution in [3.05, 3.63) is 24.3 Å². The van der Waals surface area contributed by atoms with Gasteiger partial charge in [-0.05, 0) is 37.6 Å². The summed E-state index contributed by atoms with van der Waals surface area (Å²) in [7, 11) is -1.87. The molecule has 0 amide bonds. The van der Waals surface area contributed by atoms with Crippen LogP contribution < -0.4 is 4.74 Å². The minimum atomic E-state index is -3.47. The minimum absolute atomic E-state index is 0.0321.